The Morgan fingerprint density at radius 1 is 1.06 bits per heavy atom. The van der Waals surface area contributed by atoms with Crippen LogP contribution in [0.4, 0.5) is 17.6 Å². The molecule has 14 heteroatoms. The molecule has 0 fully saturated rings. The quantitative estimate of drug-likeness (QED) is 0.364. The zero-order valence-corrected chi connectivity index (χ0v) is 19.8. The van der Waals surface area contributed by atoms with Crippen molar-refractivity contribution in [2.24, 2.45) is 0 Å². The van der Waals surface area contributed by atoms with Crippen LogP contribution in [0.2, 0.25) is 0 Å². The Labute approximate surface area is 190 Å². The van der Waals surface area contributed by atoms with Crippen LogP contribution in [0.25, 0.3) is 5.78 Å². The molecule has 1 amide bonds. The largest absolute Gasteiger partial charge is 0.355 e. The fourth-order valence-corrected chi connectivity index (χ4v) is 4.28. The fourth-order valence-electron chi connectivity index (χ4n) is 2.65. The number of thioether (sulfide) groups is 1. The Hall–Kier alpha value is -2.97. The summed E-state index contributed by atoms with van der Waals surface area (Å²) in [6.07, 6.45) is 0. The molecule has 0 saturated carbocycles. The summed E-state index contributed by atoms with van der Waals surface area (Å²) in [5.74, 6) is 1.13. The van der Waals surface area contributed by atoms with Gasteiger partial charge in [-0.1, -0.05) is 11.8 Å². The average Bonchev–Trinajstić information content (AvgIpc) is 3.16. The van der Waals surface area contributed by atoms with Gasteiger partial charge in [-0.15, -0.1) is 10.2 Å². The van der Waals surface area contributed by atoms with Crippen molar-refractivity contribution in [1.29, 1.82) is 0 Å². The molecule has 3 N–H and O–H groups in total. The second-order valence-corrected chi connectivity index (χ2v) is 9.79. The van der Waals surface area contributed by atoms with Crippen molar-refractivity contribution in [3.8, 4) is 0 Å². The van der Waals surface area contributed by atoms with Gasteiger partial charge in [0.2, 0.25) is 27.8 Å². The minimum absolute atomic E-state index is 0.0685. The number of fused-ring (bicyclic) bond motifs is 1. The first-order chi connectivity index (χ1) is 15.3. The topological polar surface area (TPSA) is 147 Å². The van der Waals surface area contributed by atoms with Crippen LogP contribution < -0.4 is 16.0 Å². The second-order valence-electron chi connectivity index (χ2n) is 6.70. The number of sulfonamides is 1. The van der Waals surface area contributed by atoms with E-state index in [2.05, 4.69) is 36.1 Å². The first-order valence-corrected chi connectivity index (χ1v) is 12.2. The zero-order valence-electron chi connectivity index (χ0n) is 18.2. The summed E-state index contributed by atoms with van der Waals surface area (Å²) in [6.45, 7) is 5.19. The molecule has 0 atom stereocenters. The van der Waals surface area contributed by atoms with Crippen molar-refractivity contribution in [2.75, 3.05) is 48.9 Å². The number of anilines is 3. The number of hydrogen-bond acceptors (Lipinski definition) is 10. The summed E-state index contributed by atoms with van der Waals surface area (Å²) in [4.78, 5) is 21.3. The predicted molar refractivity (Wildman–Crippen MR) is 124 cm³/mol. The number of nitrogens with zero attached hydrogens (tertiary/aromatic N) is 6. The fraction of sp³-hybridized carbons (Fsp3) is 0.389. The Morgan fingerprint density at radius 3 is 2.38 bits per heavy atom. The molecule has 0 aliphatic carbocycles. The first-order valence-electron chi connectivity index (χ1n) is 9.82. The van der Waals surface area contributed by atoms with Gasteiger partial charge in [0.25, 0.3) is 5.78 Å². The van der Waals surface area contributed by atoms with Gasteiger partial charge in [0.15, 0.2) is 5.16 Å². The molecule has 1 aromatic carbocycles. The summed E-state index contributed by atoms with van der Waals surface area (Å²) in [7, 11) is -0.598. The highest BCUT2D eigenvalue weighted by Gasteiger charge is 2.18. The average molecular weight is 480 g/mol. The summed E-state index contributed by atoms with van der Waals surface area (Å²) in [6, 6.07) is 5.99. The second kappa shape index (κ2) is 10.1. The van der Waals surface area contributed by atoms with E-state index < -0.39 is 10.0 Å². The number of aromatic nitrogens is 5. The zero-order chi connectivity index (χ0) is 23.3. The molecule has 0 spiro atoms. The van der Waals surface area contributed by atoms with Crippen molar-refractivity contribution in [3.05, 3.63) is 24.3 Å². The van der Waals surface area contributed by atoms with Gasteiger partial charge in [0.05, 0.1) is 10.6 Å². The molecule has 3 aromatic rings. The van der Waals surface area contributed by atoms with Crippen molar-refractivity contribution in [3.63, 3.8) is 0 Å². The van der Waals surface area contributed by atoms with Crippen LogP contribution >= 0.6 is 11.8 Å². The lowest BCUT2D eigenvalue weighted by Crippen LogP contribution is -2.22. The van der Waals surface area contributed by atoms with Gasteiger partial charge in [0, 0.05) is 32.9 Å². The Morgan fingerprint density at radius 2 is 1.75 bits per heavy atom. The van der Waals surface area contributed by atoms with Crippen LogP contribution in [0, 0.1) is 0 Å². The highest BCUT2D eigenvalue weighted by atomic mass is 32.2. The third kappa shape index (κ3) is 5.26. The molecule has 172 valence electrons. The van der Waals surface area contributed by atoms with E-state index in [1.54, 1.807) is 16.5 Å². The SMILES string of the molecule is CCNc1nc(NCC)n2c(SCC(=O)Nc3ccc(S(=O)(=O)N(C)C)cc3)nnc2n1. The van der Waals surface area contributed by atoms with Gasteiger partial charge in [-0.2, -0.15) is 9.97 Å². The van der Waals surface area contributed by atoms with Gasteiger partial charge in [-0.25, -0.2) is 17.1 Å². The van der Waals surface area contributed by atoms with Crippen LogP contribution in [0.1, 0.15) is 13.8 Å². The van der Waals surface area contributed by atoms with Crippen LogP contribution in [0.15, 0.2) is 34.3 Å². The lowest BCUT2D eigenvalue weighted by atomic mass is 10.3. The minimum atomic E-state index is -3.52. The number of carbonyl (C=O) groups is 1. The van der Waals surface area contributed by atoms with Gasteiger partial charge >= 0.3 is 0 Å². The van der Waals surface area contributed by atoms with Crippen LogP contribution in [-0.4, -0.2) is 76.1 Å². The minimum Gasteiger partial charge on any atom is -0.355 e. The summed E-state index contributed by atoms with van der Waals surface area (Å²) in [5.41, 5.74) is 0.492. The normalized spacial score (nSPS) is 11.7. The summed E-state index contributed by atoms with van der Waals surface area (Å²) >= 11 is 1.19. The van der Waals surface area contributed by atoms with Gasteiger partial charge in [0.1, 0.15) is 0 Å². The molecular formula is C18H25N9O3S2. The molecule has 12 nitrogen and oxygen atoms in total. The maximum absolute atomic E-state index is 12.4. The van der Waals surface area contributed by atoms with E-state index in [9.17, 15) is 13.2 Å². The van der Waals surface area contributed by atoms with Gasteiger partial charge in [-0.05, 0) is 38.1 Å². The number of nitrogens with one attached hydrogen (secondary N) is 3. The third-order valence-electron chi connectivity index (χ3n) is 4.16. The number of carbonyl (C=O) groups excluding carboxylic acids is 1. The number of benzene rings is 1. The maximum Gasteiger partial charge on any atom is 0.261 e. The first kappa shape index (κ1) is 23.7. The van der Waals surface area contributed by atoms with E-state index in [0.717, 1.165) is 4.31 Å². The molecule has 0 aliphatic heterocycles. The maximum atomic E-state index is 12.4. The monoisotopic (exact) mass is 479 g/mol. The standard InChI is InChI=1S/C18H25N9O3S2/c1-5-19-15-22-16(20-6-2)27-17(23-15)24-25-18(27)31-11-14(28)21-12-7-9-13(10-8-12)32(29,30)26(3)4/h7-10H,5-6,11H2,1-4H3,(H,21,28)(H2,19,20,22,23,24). The molecular weight excluding hydrogens is 454 g/mol. The number of hydrogen-bond donors (Lipinski definition) is 3. The van der Waals surface area contributed by atoms with E-state index >= 15 is 0 Å². The third-order valence-corrected chi connectivity index (χ3v) is 6.92. The number of amides is 1. The Bertz CT molecular complexity index is 1190. The van der Waals surface area contributed by atoms with Crippen LogP contribution in [0.5, 0.6) is 0 Å². The smallest absolute Gasteiger partial charge is 0.261 e. The molecule has 0 aliphatic rings. The van der Waals surface area contributed by atoms with E-state index in [4.69, 9.17) is 0 Å². The highest BCUT2D eigenvalue weighted by Crippen LogP contribution is 2.22. The van der Waals surface area contributed by atoms with Crippen molar-refractivity contribution in [2.45, 2.75) is 23.9 Å². The van der Waals surface area contributed by atoms with Crippen molar-refractivity contribution >= 4 is 51.1 Å². The predicted octanol–water partition coefficient (Wildman–Crippen LogP) is 1.36. The number of rotatable bonds is 10. The molecule has 0 bridgehead atoms. The molecule has 32 heavy (non-hydrogen) atoms. The molecule has 3 rings (SSSR count). The Balaban J connectivity index is 1.69. The van der Waals surface area contributed by atoms with Crippen LogP contribution in [-0.2, 0) is 14.8 Å². The van der Waals surface area contributed by atoms with E-state index in [1.165, 1.54) is 38.0 Å². The summed E-state index contributed by atoms with van der Waals surface area (Å²) in [5, 5.41) is 17.6. The molecule has 0 saturated heterocycles. The molecule has 2 aromatic heterocycles. The lowest BCUT2D eigenvalue weighted by molar-refractivity contribution is -0.113. The molecule has 0 unspecified atom stereocenters. The molecule has 0 radical (unpaired) electrons. The summed E-state index contributed by atoms with van der Waals surface area (Å²) < 4.78 is 27.1. The van der Waals surface area contributed by atoms with Crippen molar-refractivity contribution in [1.82, 2.24) is 28.9 Å². The van der Waals surface area contributed by atoms with E-state index in [0.29, 0.717) is 41.6 Å². The van der Waals surface area contributed by atoms with E-state index in [-0.39, 0.29) is 16.6 Å². The van der Waals surface area contributed by atoms with Crippen molar-refractivity contribution < 1.29 is 13.2 Å². The van der Waals surface area contributed by atoms with Gasteiger partial charge in [-0.3, -0.25) is 4.79 Å². The van der Waals surface area contributed by atoms with E-state index in [1.807, 2.05) is 13.8 Å². The molecule has 2 heterocycles. The highest BCUT2D eigenvalue weighted by molar-refractivity contribution is 7.99. The Kier molecular flexibility index (Phi) is 7.48. The van der Waals surface area contributed by atoms with Crippen LogP contribution in [0.3, 0.4) is 0 Å². The van der Waals surface area contributed by atoms with Gasteiger partial charge < -0.3 is 16.0 Å². The lowest BCUT2D eigenvalue weighted by Gasteiger charge is -2.12.